The van der Waals surface area contributed by atoms with Crippen LogP contribution in [0.15, 0.2) is 12.7 Å². The van der Waals surface area contributed by atoms with Crippen LogP contribution in [0.4, 0.5) is 0 Å². The highest BCUT2D eigenvalue weighted by molar-refractivity contribution is 5.08. The van der Waals surface area contributed by atoms with Crippen LogP contribution < -0.4 is 0 Å². The van der Waals surface area contributed by atoms with Gasteiger partial charge in [-0.1, -0.05) is 6.08 Å². The third-order valence-corrected chi connectivity index (χ3v) is 1.31. The molecule has 0 heterocycles. The van der Waals surface area contributed by atoms with E-state index >= 15 is 0 Å². The van der Waals surface area contributed by atoms with Gasteiger partial charge in [0.2, 0.25) is 0 Å². The quantitative estimate of drug-likeness (QED) is 0.449. The summed E-state index contributed by atoms with van der Waals surface area (Å²) in [6.45, 7) is 3.57. The molecule has 0 bridgehead atoms. The molecule has 0 saturated heterocycles. The van der Waals surface area contributed by atoms with Gasteiger partial charge in [0.15, 0.2) is 0 Å². The van der Waals surface area contributed by atoms with Crippen molar-refractivity contribution in [1.82, 2.24) is 0 Å². The Morgan fingerprint density at radius 3 is 2.71 bits per heavy atom. The second-order valence-electron chi connectivity index (χ2n) is 1.87. The maximum atomic E-state index is 8.21. The number of allylic oxidation sites excluding steroid dienone is 1. The molecule has 0 aromatic rings. The molecule has 1 fully saturated rings. The number of hydrogen-bond donors (Lipinski definition) is 0. The lowest BCUT2D eigenvalue weighted by molar-refractivity contribution is 1.01. The third kappa shape index (κ3) is 0.640. The average molecular weight is 93.1 g/mol. The molecule has 0 unspecified atom stereocenters. The van der Waals surface area contributed by atoms with Gasteiger partial charge >= 0.3 is 0 Å². The Labute approximate surface area is 43.3 Å². The highest BCUT2D eigenvalue weighted by atomic mass is 14.4. The van der Waals surface area contributed by atoms with Crippen molar-refractivity contribution in [1.29, 1.82) is 5.26 Å². The van der Waals surface area contributed by atoms with Crippen LogP contribution in [0.1, 0.15) is 6.42 Å². The SMILES string of the molecule is C=C[C@@H]1C[C@H]1C#N. The summed E-state index contributed by atoms with van der Waals surface area (Å²) in [4.78, 5) is 0. The Balaban J connectivity index is 2.34. The monoisotopic (exact) mass is 93.1 g/mol. The minimum atomic E-state index is 0.303. The summed E-state index contributed by atoms with van der Waals surface area (Å²) in [5.41, 5.74) is 0. The predicted molar refractivity (Wildman–Crippen MR) is 27.4 cm³/mol. The maximum Gasteiger partial charge on any atom is 0.0662 e. The first kappa shape index (κ1) is 4.39. The standard InChI is InChI=1S/C6H7N/c1-2-5-3-6(5)4-7/h2,5-6H,1,3H2/t5-,6+/m1/s1. The normalized spacial score (nSPS) is 36.4. The number of hydrogen-bond acceptors (Lipinski definition) is 1. The van der Waals surface area contributed by atoms with Crippen molar-refractivity contribution in [2.75, 3.05) is 0 Å². The fourth-order valence-electron chi connectivity index (χ4n) is 0.624. The number of nitriles is 1. The van der Waals surface area contributed by atoms with E-state index in [2.05, 4.69) is 12.6 Å². The topological polar surface area (TPSA) is 23.8 Å². The molecule has 1 saturated carbocycles. The highest BCUT2D eigenvalue weighted by Crippen LogP contribution is 2.37. The van der Waals surface area contributed by atoms with Gasteiger partial charge in [0.05, 0.1) is 12.0 Å². The summed E-state index contributed by atoms with van der Waals surface area (Å²) < 4.78 is 0. The van der Waals surface area contributed by atoms with Crippen molar-refractivity contribution >= 4 is 0 Å². The van der Waals surface area contributed by atoms with Gasteiger partial charge < -0.3 is 0 Å². The van der Waals surface area contributed by atoms with Crippen LogP contribution in [0.2, 0.25) is 0 Å². The lowest BCUT2D eigenvalue weighted by Gasteiger charge is -1.70. The van der Waals surface area contributed by atoms with Crippen LogP contribution in [0.25, 0.3) is 0 Å². The van der Waals surface area contributed by atoms with E-state index in [0.29, 0.717) is 11.8 Å². The van der Waals surface area contributed by atoms with Crippen LogP contribution in [-0.2, 0) is 0 Å². The fourth-order valence-corrected chi connectivity index (χ4v) is 0.624. The van der Waals surface area contributed by atoms with Gasteiger partial charge in [-0.2, -0.15) is 5.26 Å². The summed E-state index contributed by atoms with van der Waals surface area (Å²) in [6, 6.07) is 2.17. The van der Waals surface area contributed by atoms with Crippen molar-refractivity contribution in [2.45, 2.75) is 6.42 Å². The number of rotatable bonds is 1. The van der Waals surface area contributed by atoms with Crippen LogP contribution in [-0.4, -0.2) is 0 Å². The number of nitrogens with zero attached hydrogens (tertiary/aromatic N) is 1. The van der Waals surface area contributed by atoms with E-state index in [1.165, 1.54) is 0 Å². The molecule has 0 aromatic heterocycles. The van der Waals surface area contributed by atoms with E-state index in [9.17, 15) is 0 Å². The summed E-state index contributed by atoms with van der Waals surface area (Å²) in [6.07, 6.45) is 2.90. The Kier molecular flexibility index (Phi) is 0.867. The van der Waals surface area contributed by atoms with Gasteiger partial charge in [0.1, 0.15) is 0 Å². The zero-order chi connectivity index (χ0) is 5.28. The van der Waals surface area contributed by atoms with Crippen molar-refractivity contribution in [2.24, 2.45) is 11.8 Å². The molecule has 1 nitrogen and oxygen atoms in total. The summed E-state index contributed by atoms with van der Waals surface area (Å²) in [5, 5.41) is 8.21. The Morgan fingerprint density at radius 2 is 2.57 bits per heavy atom. The summed E-state index contributed by atoms with van der Waals surface area (Å²) in [5.74, 6) is 0.822. The van der Waals surface area contributed by atoms with Crippen LogP contribution in [0.3, 0.4) is 0 Å². The highest BCUT2D eigenvalue weighted by Gasteiger charge is 2.33. The molecule has 0 N–H and O–H groups in total. The van der Waals surface area contributed by atoms with Crippen LogP contribution in [0, 0.1) is 23.2 Å². The van der Waals surface area contributed by atoms with Crippen molar-refractivity contribution in [3.8, 4) is 6.07 Å². The summed E-state index contributed by atoms with van der Waals surface area (Å²) in [7, 11) is 0. The molecule has 0 radical (unpaired) electrons. The lowest BCUT2D eigenvalue weighted by atomic mass is 10.3. The zero-order valence-electron chi connectivity index (χ0n) is 4.09. The van der Waals surface area contributed by atoms with E-state index in [4.69, 9.17) is 5.26 Å². The first-order valence-corrected chi connectivity index (χ1v) is 2.40. The molecule has 36 valence electrons. The fraction of sp³-hybridized carbons (Fsp3) is 0.500. The van der Waals surface area contributed by atoms with Gasteiger partial charge in [-0.05, 0) is 12.3 Å². The first-order chi connectivity index (χ1) is 3.38. The van der Waals surface area contributed by atoms with Crippen molar-refractivity contribution < 1.29 is 0 Å². The molecule has 0 aliphatic heterocycles. The van der Waals surface area contributed by atoms with Crippen molar-refractivity contribution in [3.05, 3.63) is 12.7 Å². The van der Waals surface area contributed by atoms with E-state index in [-0.39, 0.29) is 0 Å². The van der Waals surface area contributed by atoms with Gasteiger partial charge in [-0.15, -0.1) is 6.58 Å². The molecular formula is C6H7N. The zero-order valence-corrected chi connectivity index (χ0v) is 4.09. The van der Waals surface area contributed by atoms with E-state index in [1.54, 1.807) is 0 Å². The van der Waals surface area contributed by atoms with E-state index < -0.39 is 0 Å². The van der Waals surface area contributed by atoms with E-state index in [0.717, 1.165) is 6.42 Å². The molecule has 1 aliphatic carbocycles. The third-order valence-electron chi connectivity index (χ3n) is 1.31. The molecule has 1 aliphatic rings. The Hall–Kier alpha value is -0.770. The summed E-state index contributed by atoms with van der Waals surface area (Å²) >= 11 is 0. The van der Waals surface area contributed by atoms with Crippen LogP contribution >= 0.6 is 0 Å². The first-order valence-electron chi connectivity index (χ1n) is 2.40. The molecule has 7 heavy (non-hydrogen) atoms. The van der Waals surface area contributed by atoms with Gasteiger partial charge in [-0.3, -0.25) is 0 Å². The Bertz CT molecular complexity index is 121. The largest absolute Gasteiger partial charge is 0.198 e. The van der Waals surface area contributed by atoms with Gasteiger partial charge in [0, 0.05) is 0 Å². The molecule has 1 heteroatoms. The molecule has 1 rings (SSSR count). The minimum absolute atomic E-state index is 0.303. The molecule has 2 atom stereocenters. The van der Waals surface area contributed by atoms with Gasteiger partial charge in [0.25, 0.3) is 0 Å². The smallest absolute Gasteiger partial charge is 0.0662 e. The maximum absolute atomic E-state index is 8.21. The Morgan fingerprint density at radius 1 is 1.86 bits per heavy atom. The average Bonchev–Trinajstić information content (AvgIpc) is 2.43. The molecule has 0 spiro atoms. The predicted octanol–water partition coefficient (Wildman–Crippen LogP) is 1.33. The molecular weight excluding hydrogens is 86.1 g/mol. The molecule has 0 aromatic carbocycles. The van der Waals surface area contributed by atoms with E-state index in [1.807, 2.05) is 6.08 Å². The second kappa shape index (κ2) is 1.38. The minimum Gasteiger partial charge on any atom is -0.198 e. The second-order valence-corrected chi connectivity index (χ2v) is 1.87. The molecule has 0 amide bonds. The van der Waals surface area contributed by atoms with Crippen LogP contribution in [0.5, 0.6) is 0 Å². The lowest BCUT2D eigenvalue weighted by Crippen LogP contribution is -1.66. The van der Waals surface area contributed by atoms with Crippen molar-refractivity contribution in [3.63, 3.8) is 0 Å². The van der Waals surface area contributed by atoms with Gasteiger partial charge in [-0.25, -0.2) is 0 Å².